The standard InChI is InChI=1S/C22H29N5O/c1-17-8-4-5-9-19(17)21(28)26-14-12-25(13-15-26)20-16-18(2)23-22(24-20)27-10-6-3-7-11-27/h4-5,8-9,16H,3,6-7,10-15H2,1-2H3. The Balaban J connectivity index is 1.44. The van der Waals surface area contributed by atoms with E-state index >= 15 is 0 Å². The Morgan fingerprint density at radius 2 is 1.57 bits per heavy atom. The van der Waals surface area contributed by atoms with Gasteiger partial charge in [0.15, 0.2) is 0 Å². The Morgan fingerprint density at radius 1 is 0.857 bits per heavy atom. The number of piperidine rings is 1. The summed E-state index contributed by atoms with van der Waals surface area (Å²) in [6, 6.07) is 9.88. The molecular weight excluding hydrogens is 350 g/mol. The summed E-state index contributed by atoms with van der Waals surface area (Å²) in [5, 5.41) is 0. The number of nitrogens with zero attached hydrogens (tertiary/aromatic N) is 5. The fourth-order valence-corrected chi connectivity index (χ4v) is 4.06. The maximum atomic E-state index is 12.9. The van der Waals surface area contributed by atoms with Crippen molar-refractivity contribution in [3.8, 4) is 0 Å². The van der Waals surface area contributed by atoms with Gasteiger partial charge in [0.1, 0.15) is 5.82 Å². The molecule has 2 aliphatic rings. The number of benzene rings is 1. The molecule has 1 aromatic heterocycles. The summed E-state index contributed by atoms with van der Waals surface area (Å²) in [4.78, 5) is 28.9. The zero-order valence-corrected chi connectivity index (χ0v) is 16.9. The highest BCUT2D eigenvalue weighted by Gasteiger charge is 2.24. The summed E-state index contributed by atoms with van der Waals surface area (Å²) in [6.07, 6.45) is 3.73. The van der Waals surface area contributed by atoms with Crippen LogP contribution in [0.4, 0.5) is 11.8 Å². The van der Waals surface area contributed by atoms with Gasteiger partial charge in [-0.1, -0.05) is 18.2 Å². The molecule has 0 atom stereocenters. The second-order valence-corrected chi connectivity index (χ2v) is 7.81. The van der Waals surface area contributed by atoms with Gasteiger partial charge in [0.2, 0.25) is 5.95 Å². The van der Waals surface area contributed by atoms with Crippen molar-refractivity contribution in [2.45, 2.75) is 33.1 Å². The van der Waals surface area contributed by atoms with E-state index in [4.69, 9.17) is 4.98 Å². The summed E-state index contributed by atoms with van der Waals surface area (Å²) in [7, 11) is 0. The summed E-state index contributed by atoms with van der Waals surface area (Å²) >= 11 is 0. The van der Waals surface area contributed by atoms with Crippen molar-refractivity contribution in [3.63, 3.8) is 0 Å². The zero-order chi connectivity index (χ0) is 19.5. The van der Waals surface area contributed by atoms with Gasteiger partial charge in [0.25, 0.3) is 5.91 Å². The van der Waals surface area contributed by atoms with Crippen molar-refractivity contribution in [1.29, 1.82) is 0 Å². The van der Waals surface area contributed by atoms with Crippen LogP contribution in [0.1, 0.15) is 40.9 Å². The number of hydrogen-bond acceptors (Lipinski definition) is 5. The molecule has 2 aromatic rings. The fourth-order valence-electron chi connectivity index (χ4n) is 4.06. The molecule has 0 aliphatic carbocycles. The van der Waals surface area contributed by atoms with E-state index in [0.29, 0.717) is 0 Å². The van der Waals surface area contributed by atoms with Crippen LogP contribution in [0.5, 0.6) is 0 Å². The Bertz CT molecular complexity index is 839. The summed E-state index contributed by atoms with van der Waals surface area (Å²) in [5.74, 6) is 1.97. The number of rotatable bonds is 3. The number of hydrogen-bond donors (Lipinski definition) is 0. The lowest BCUT2D eigenvalue weighted by atomic mass is 10.1. The quantitative estimate of drug-likeness (QED) is 0.820. The van der Waals surface area contributed by atoms with Gasteiger partial charge in [0.05, 0.1) is 0 Å². The lowest BCUT2D eigenvalue weighted by molar-refractivity contribution is 0.0746. The van der Waals surface area contributed by atoms with Crippen LogP contribution in [0.15, 0.2) is 30.3 Å². The van der Waals surface area contributed by atoms with Gasteiger partial charge < -0.3 is 14.7 Å². The van der Waals surface area contributed by atoms with E-state index in [1.165, 1.54) is 19.3 Å². The van der Waals surface area contributed by atoms with Crippen LogP contribution in [-0.4, -0.2) is 60.0 Å². The Labute approximate surface area is 167 Å². The second kappa shape index (κ2) is 8.17. The minimum atomic E-state index is 0.130. The first-order chi connectivity index (χ1) is 13.6. The van der Waals surface area contributed by atoms with Crippen molar-refractivity contribution in [2.75, 3.05) is 49.1 Å². The average molecular weight is 380 g/mol. The molecule has 6 nitrogen and oxygen atoms in total. The van der Waals surface area contributed by atoms with E-state index in [9.17, 15) is 4.79 Å². The van der Waals surface area contributed by atoms with Crippen LogP contribution in [0.3, 0.4) is 0 Å². The molecule has 0 spiro atoms. The molecule has 3 heterocycles. The summed E-state index contributed by atoms with van der Waals surface area (Å²) in [5.41, 5.74) is 2.85. The average Bonchev–Trinajstić information content (AvgIpc) is 2.74. The van der Waals surface area contributed by atoms with Crippen molar-refractivity contribution < 1.29 is 4.79 Å². The molecule has 28 heavy (non-hydrogen) atoms. The van der Waals surface area contributed by atoms with Gasteiger partial charge in [-0.2, -0.15) is 4.98 Å². The fraction of sp³-hybridized carbons (Fsp3) is 0.500. The van der Waals surface area contributed by atoms with E-state index in [1.54, 1.807) is 0 Å². The molecule has 0 N–H and O–H groups in total. The first kappa shape index (κ1) is 18.7. The molecule has 2 aliphatic heterocycles. The largest absolute Gasteiger partial charge is 0.353 e. The predicted molar refractivity (Wildman–Crippen MR) is 112 cm³/mol. The van der Waals surface area contributed by atoms with Crippen molar-refractivity contribution in [2.24, 2.45) is 0 Å². The molecule has 4 rings (SSSR count). The molecule has 0 unspecified atom stereocenters. The van der Waals surface area contributed by atoms with Crippen LogP contribution < -0.4 is 9.80 Å². The first-order valence-corrected chi connectivity index (χ1v) is 10.3. The van der Waals surface area contributed by atoms with Crippen molar-refractivity contribution in [3.05, 3.63) is 47.2 Å². The lowest BCUT2D eigenvalue weighted by Crippen LogP contribution is -2.49. The first-order valence-electron chi connectivity index (χ1n) is 10.3. The normalized spacial score (nSPS) is 17.7. The maximum Gasteiger partial charge on any atom is 0.254 e. The number of anilines is 2. The molecule has 1 aromatic carbocycles. The summed E-state index contributed by atoms with van der Waals surface area (Å²) < 4.78 is 0. The highest BCUT2D eigenvalue weighted by molar-refractivity contribution is 5.95. The summed E-state index contributed by atoms with van der Waals surface area (Å²) in [6.45, 7) is 9.15. The minimum absolute atomic E-state index is 0.130. The third kappa shape index (κ3) is 3.96. The third-order valence-corrected chi connectivity index (χ3v) is 5.73. The smallest absolute Gasteiger partial charge is 0.254 e. The molecule has 2 saturated heterocycles. The highest BCUT2D eigenvalue weighted by Crippen LogP contribution is 2.22. The number of piperazine rings is 1. The van der Waals surface area contributed by atoms with E-state index in [1.807, 2.05) is 43.0 Å². The van der Waals surface area contributed by atoms with Gasteiger partial charge in [-0.25, -0.2) is 4.98 Å². The van der Waals surface area contributed by atoms with E-state index in [0.717, 1.165) is 67.9 Å². The molecule has 1 amide bonds. The van der Waals surface area contributed by atoms with Crippen LogP contribution in [0.2, 0.25) is 0 Å². The van der Waals surface area contributed by atoms with Crippen LogP contribution in [0, 0.1) is 13.8 Å². The van der Waals surface area contributed by atoms with E-state index < -0.39 is 0 Å². The topological polar surface area (TPSA) is 52.6 Å². The minimum Gasteiger partial charge on any atom is -0.353 e. The number of aryl methyl sites for hydroxylation is 2. The Kier molecular flexibility index (Phi) is 5.46. The molecule has 0 radical (unpaired) electrons. The van der Waals surface area contributed by atoms with Crippen LogP contribution in [0.25, 0.3) is 0 Å². The monoisotopic (exact) mass is 379 g/mol. The van der Waals surface area contributed by atoms with Gasteiger partial charge in [0, 0.05) is 56.6 Å². The number of carbonyl (C=O) groups is 1. The van der Waals surface area contributed by atoms with E-state index in [2.05, 4.69) is 20.9 Å². The molecule has 0 bridgehead atoms. The predicted octanol–water partition coefficient (Wildman–Crippen LogP) is 3.05. The Morgan fingerprint density at radius 3 is 2.29 bits per heavy atom. The number of amides is 1. The SMILES string of the molecule is Cc1cc(N2CCN(C(=O)c3ccccc3C)CC2)nc(N2CCCCC2)n1. The highest BCUT2D eigenvalue weighted by atomic mass is 16.2. The van der Waals surface area contributed by atoms with E-state index in [-0.39, 0.29) is 5.91 Å². The molecule has 2 fully saturated rings. The van der Waals surface area contributed by atoms with Crippen molar-refractivity contribution >= 4 is 17.7 Å². The molecule has 148 valence electrons. The van der Waals surface area contributed by atoms with Gasteiger partial charge in [-0.3, -0.25) is 4.79 Å². The van der Waals surface area contributed by atoms with Gasteiger partial charge in [-0.15, -0.1) is 0 Å². The number of aromatic nitrogens is 2. The third-order valence-electron chi connectivity index (χ3n) is 5.73. The molecule has 0 saturated carbocycles. The Hall–Kier alpha value is -2.63. The maximum absolute atomic E-state index is 12.9. The van der Waals surface area contributed by atoms with Gasteiger partial charge >= 0.3 is 0 Å². The van der Waals surface area contributed by atoms with Crippen LogP contribution >= 0.6 is 0 Å². The van der Waals surface area contributed by atoms with Crippen LogP contribution in [-0.2, 0) is 0 Å². The molecule has 6 heteroatoms. The second-order valence-electron chi connectivity index (χ2n) is 7.81. The lowest BCUT2D eigenvalue weighted by Gasteiger charge is -2.36. The zero-order valence-electron chi connectivity index (χ0n) is 16.9. The van der Waals surface area contributed by atoms with Crippen molar-refractivity contribution in [1.82, 2.24) is 14.9 Å². The molecular formula is C22H29N5O. The van der Waals surface area contributed by atoms with Gasteiger partial charge in [-0.05, 0) is 44.7 Å². The number of carbonyl (C=O) groups excluding carboxylic acids is 1.